The SMILES string of the molecule is CSCC(C)CNCc1cccc(NC(=O)C(F)(F)F)c1. The Morgan fingerprint density at radius 1 is 1.38 bits per heavy atom. The number of thioether (sulfide) groups is 1. The molecule has 0 aliphatic heterocycles. The van der Waals surface area contributed by atoms with E-state index in [0.29, 0.717) is 12.5 Å². The van der Waals surface area contributed by atoms with Crippen LogP contribution in [0.4, 0.5) is 18.9 Å². The third kappa shape index (κ3) is 6.86. The van der Waals surface area contributed by atoms with E-state index in [2.05, 4.69) is 12.2 Å². The zero-order valence-corrected chi connectivity index (χ0v) is 12.8. The predicted molar refractivity (Wildman–Crippen MR) is 80.4 cm³/mol. The van der Waals surface area contributed by atoms with Crippen LogP contribution >= 0.6 is 11.8 Å². The Morgan fingerprint density at radius 3 is 2.71 bits per heavy atom. The summed E-state index contributed by atoms with van der Waals surface area (Å²) >= 11 is 1.77. The lowest BCUT2D eigenvalue weighted by Gasteiger charge is -2.12. The van der Waals surface area contributed by atoms with Crippen LogP contribution in [0.25, 0.3) is 0 Å². The molecule has 1 unspecified atom stereocenters. The summed E-state index contributed by atoms with van der Waals surface area (Å²) in [5, 5.41) is 5.10. The molecular formula is C14H19F3N2OS. The molecule has 0 aromatic heterocycles. The summed E-state index contributed by atoms with van der Waals surface area (Å²) in [7, 11) is 0. The van der Waals surface area contributed by atoms with E-state index in [0.717, 1.165) is 17.9 Å². The van der Waals surface area contributed by atoms with Crippen molar-refractivity contribution in [1.82, 2.24) is 5.32 Å². The largest absolute Gasteiger partial charge is 0.471 e. The van der Waals surface area contributed by atoms with Gasteiger partial charge in [0.1, 0.15) is 0 Å². The lowest BCUT2D eigenvalue weighted by atomic mass is 10.1. The predicted octanol–water partition coefficient (Wildman–Crippen LogP) is 3.28. The summed E-state index contributed by atoms with van der Waals surface area (Å²) < 4.78 is 36.5. The fourth-order valence-electron chi connectivity index (χ4n) is 1.77. The van der Waals surface area contributed by atoms with Gasteiger partial charge in [0.15, 0.2) is 0 Å². The minimum Gasteiger partial charge on any atom is -0.318 e. The van der Waals surface area contributed by atoms with E-state index in [1.54, 1.807) is 23.9 Å². The number of hydrogen-bond acceptors (Lipinski definition) is 3. The second-order valence-corrected chi connectivity index (χ2v) is 5.75. The second-order valence-electron chi connectivity index (χ2n) is 4.84. The molecule has 118 valence electrons. The molecule has 0 heterocycles. The summed E-state index contributed by atoms with van der Waals surface area (Å²) in [6, 6.07) is 6.39. The average molecular weight is 320 g/mol. The first-order valence-electron chi connectivity index (χ1n) is 6.49. The molecule has 1 rings (SSSR count). The topological polar surface area (TPSA) is 41.1 Å². The van der Waals surface area contributed by atoms with E-state index in [9.17, 15) is 18.0 Å². The van der Waals surface area contributed by atoms with E-state index < -0.39 is 12.1 Å². The number of benzene rings is 1. The zero-order valence-electron chi connectivity index (χ0n) is 12.0. The summed E-state index contributed by atoms with van der Waals surface area (Å²) in [5.74, 6) is -0.386. The van der Waals surface area contributed by atoms with Crippen molar-refractivity contribution < 1.29 is 18.0 Å². The van der Waals surface area contributed by atoms with Crippen LogP contribution in [0.2, 0.25) is 0 Å². The molecule has 0 radical (unpaired) electrons. The van der Waals surface area contributed by atoms with Crippen molar-refractivity contribution in [2.45, 2.75) is 19.6 Å². The fourth-order valence-corrected chi connectivity index (χ4v) is 2.45. The van der Waals surface area contributed by atoms with E-state index in [1.807, 2.05) is 11.6 Å². The molecule has 2 N–H and O–H groups in total. The highest BCUT2D eigenvalue weighted by atomic mass is 32.2. The van der Waals surface area contributed by atoms with Crippen molar-refractivity contribution in [3.63, 3.8) is 0 Å². The number of anilines is 1. The Labute approximate surface area is 126 Å². The van der Waals surface area contributed by atoms with E-state index in [4.69, 9.17) is 0 Å². The maximum Gasteiger partial charge on any atom is 0.471 e. The van der Waals surface area contributed by atoms with Gasteiger partial charge in [0.05, 0.1) is 0 Å². The summed E-state index contributed by atoms with van der Waals surface area (Å²) in [6.07, 6.45) is -2.83. The van der Waals surface area contributed by atoms with Gasteiger partial charge < -0.3 is 10.6 Å². The Morgan fingerprint density at radius 2 is 2.10 bits per heavy atom. The van der Waals surface area contributed by atoms with Gasteiger partial charge in [-0.15, -0.1) is 0 Å². The monoisotopic (exact) mass is 320 g/mol. The number of carbonyl (C=O) groups excluding carboxylic acids is 1. The zero-order chi connectivity index (χ0) is 15.9. The van der Waals surface area contributed by atoms with Gasteiger partial charge in [-0.25, -0.2) is 0 Å². The third-order valence-corrected chi connectivity index (χ3v) is 3.62. The number of carbonyl (C=O) groups is 1. The van der Waals surface area contributed by atoms with Gasteiger partial charge in [0, 0.05) is 12.2 Å². The molecule has 0 aliphatic carbocycles. The molecule has 7 heteroatoms. The van der Waals surface area contributed by atoms with Crippen LogP contribution in [-0.4, -0.2) is 30.6 Å². The van der Waals surface area contributed by atoms with Crippen molar-refractivity contribution in [2.75, 3.05) is 23.9 Å². The highest BCUT2D eigenvalue weighted by Gasteiger charge is 2.38. The molecule has 1 aromatic carbocycles. The Bertz CT molecular complexity index is 466. The number of halogens is 3. The molecule has 0 fully saturated rings. The van der Waals surface area contributed by atoms with Crippen LogP contribution in [0.3, 0.4) is 0 Å². The molecular weight excluding hydrogens is 301 g/mol. The van der Waals surface area contributed by atoms with Gasteiger partial charge in [0.25, 0.3) is 0 Å². The lowest BCUT2D eigenvalue weighted by Crippen LogP contribution is -2.30. The maximum atomic E-state index is 12.2. The van der Waals surface area contributed by atoms with Crippen LogP contribution in [0, 0.1) is 5.92 Å². The normalized spacial score (nSPS) is 13.0. The molecule has 21 heavy (non-hydrogen) atoms. The highest BCUT2D eigenvalue weighted by molar-refractivity contribution is 7.98. The van der Waals surface area contributed by atoms with E-state index in [-0.39, 0.29) is 5.69 Å². The standard InChI is InChI=1S/C14H19F3N2OS/c1-10(9-21-2)7-18-8-11-4-3-5-12(6-11)19-13(20)14(15,16)17/h3-6,10,18H,7-9H2,1-2H3,(H,19,20). The van der Waals surface area contributed by atoms with Crippen LogP contribution in [0.15, 0.2) is 24.3 Å². The minimum absolute atomic E-state index is 0.147. The van der Waals surface area contributed by atoms with E-state index >= 15 is 0 Å². The number of hydrogen-bond donors (Lipinski definition) is 2. The van der Waals surface area contributed by atoms with Crippen LogP contribution in [0.1, 0.15) is 12.5 Å². The third-order valence-electron chi connectivity index (χ3n) is 2.72. The van der Waals surface area contributed by atoms with Gasteiger partial charge in [-0.1, -0.05) is 19.1 Å². The van der Waals surface area contributed by atoms with Gasteiger partial charge >= 0.3 is 12.1 Å². The van der Waals surface area contributed by atoms with Gasteiger partial charge in [-0.3, -0.25) is 4.79 Å². The van der Waals surface area contributed by atoms with Gasteiger partial charge in [-0.2, -0.15) is 24.9 Å². The maximum absolute atomic E-state index is 12.2. The van der Waals surface area contributed by atoms with Gasteiger partial charge in [0.2, 0.25) is 0 Å². The quantitative estimate of drug-likeness (QED) is 0.810. The number of amides is 1. The summed E-state index contributed by atoms with van der Waals surface area (Å²) in [4.78, 5) is 10.9. The molecule has 0 aliphatic rings. The lowest BCUT2D eigenvalue weighted by molar-refractivity contribution is -0.167. The van der Waals surface area contributed by atoms with Crippen LogP contribution in [-0.2, 0) is 11.3 Å². The van der Waals surface area contributed by atoms with Crippen molar-refractivity contribution in [1.29, 1.82) is 0 Å². The minimum atomic E-state index is -4.87. The van der Waals surface area contributed by atoms with Crippen molar-refractivity contribution in [2.24, 2.45) is 5.92 Å². The molecule has 1 atom stereocenters. The van der Waals surface area contributed by atoms with E-state index in [1.165, 1.54) is 12.1 Å². The highest BCUT2D eigenvalue weighted by Crippen LogP contribution is 2.19. The summed E-state index contributed by atoms with van der Waals surface area (Å²) in [5.41, 5.74) is 0.972. The molecule has 0 saturated heterocycles. The Hall–Kier alpha value is -1.21. The fraction of sp³-hybridized carbons (Fsp3) is 0.500. The molecule has 0 bridgehead atoms. The summed E-state index contributed by atoms with van der Waals surface area (Å²) in [6.45, 7) is 3.51. The smallest absolute Gasteiger partial charge is 0.318 e. The van der Waals surface area contributed by atoms with Crippen molar-refractivity contribution in [3.05, 3.63) is 29.8 Å². The molecule has 1 amide bonds. The number of rotatable bonds is 7. The first kappa shape index (κ1) is 17.8. The van der Waals surface area contributed by atoms with Crippen molar-refractivity contribution >= 4 is 23.4 Å². The Balaban J connectivity index is 2.51. The first-order chi connectivity index (χ1) is 9.82. The van der Waals surface area contributed by atoms with Gasteiger partial charge in [-0.05, 0) is 42.2 Å². The molecule has 0 spiro atoms. The molecule has 0 saturated carbocycles. The number of nitrogens with one attached hydrogen (secondary N) is 2. The number of alkyl halides is 3. The Kier molecular flexibility index (Phi) is 7.04. The second kappa shape index (κ2) is 8.29. The molecule has 1 aromatic rings. The average Bonchev–Trinajstić information content (AvgIpc) is 2.38. The van der Waals surface area contributed by atoms with Crippen LogP contribution < -0.4 is 10.6 Å². The van der Waals surface area contributed by atoms with Crippen LogP contribution in [0.5, 0.6) is 0 Å². The first-order valence-corrected chi connectivity index (χ1v) is 7.89. The van der Waals surface area contributed by atoms with Crippen molar-refractivity contribution in [3.8, 4) is 0 Å². The molecule has 3 nitrogen and oxygen atoms in total.